The molecule has 2 fully saturated rings. The van der Waals surface area contributed by atoms with Crippen LogP contribution < -0.4 is 4.72 Å². The van der Waals surface area contributed by atoms with Crippen LogP contribution in [0.15, 0.2) is 54.1 Å². The van der Waals surface area contributed by atoms with E-state index in [0.29, 0.717) is 0 Å². The van der Waals surface area contributed by atoms with Crippen LogP contribution in [0.4, 0.5) is 0 Å². The van der Waals surface area contributed by atoms with Crippen molar-refractivity contribution in [1.29, 1.82) is 0 Å². The van der Waals surface area contributed by atoms with Crippen molar-refractivity contribution in [3.8, 4) is 0 Å². The molecule has 3 aliphatic rings. The summed E-state index contributed by atoms with van der Waals surface area (Å²) in [6.07, 6.45) is 12.5. The molecule has 35 heavy (non-hydrogen) atoms. The minimum Gasteiger partial charge on any atom is -0.308 e. The van der Waals surface area contributed by atoms with Crippen LogP contribution in [-0.2, 0) is 13.0 Å². The van der Waals surface area contributed by atoms with Crippen molar-refractivity contribution in [2.75, 3.05) is 12.3 Å². The first-order valence-corrected chi connectivity index (χ1v) is 14.8. The van der Waals surface area contributed by atoms with Crippen LogP contribution in [0, 0.1) is 5.92 Å². The second kappa shape index (κ2) is 13.3. The Morgan fingerprint density at radius 3 is 2.46 bits per heavy atom. The van der Waals surface area contributed by atoms with Gasteiger partial charge in [-0.05, 0) is 73.6 Å². The van der Waals surface area contributed by atoms with Gasteiger partial charge in [-0.25, -0.2) is 0 Å². The van der Waals surface area contributed by atoms with Crippen LogP contribution in [0.5, 0.6) is 0 Å². The molecule has 1 N–H and O–H groups in total. The average molecular weight is 491 g/mol. The third kappa shape index (κ3) is 7.01. The summed E-state index contributed by atoms with van der Waals surface area (Å²) in [6, 6.07) is 17.2. The molecular weight excluding hydrogens is 448 g/mol. The maximum absolute atomic E-state index is 13.0. The summed E-state index contributed by atoms with van der Waals surface area (Å²) in [5, 5.41) is 0. The number of benzene rings is 2. The molecule has 1 amide bonds. The Morgan fingerprint density at radius 2 is 1.71 bits per heavy atom. The third-order valence-corrected chi connectivity index (χ3v) is 8.10. The molecule has 1 heterocycles. The first kappa shape index (κ1) is 26.0. The molecule has 0 radical (unpaired) electrons. The van der Waals surface area contributed by atoms with E-state index in [1.165, 1.54) is 60.9 Å². The molecule has 0 unspecified atom stereocenters. The number of rotatable bonds is 12. The van der Waals surface area contributed by atoms with Gasteiger partial charge in [0.1, 0.15) is 0 Å². The Bertz CT molecular complexity index is 1000. The maximum Gasteiger partial charge on any atom is 0.258 e. The van der Waals surface area contributed by atoms with Crippen LogP contribution in [0.2, 0.25) is 0 Å². The van der Waals surface area contributed by atoms with Gasteiger partial charge >= 0.3 is 0 Å². The Kier molecular flexibility index (Phi) is 9.91. The van der Waals surface area contributed by atoms with Crippen LogP contribution in [0.25, 0.3) is 5.70 Å². The summed E-state index contributed by atoms with van der Waals surface area (Å²) in [6.45, 7) is 5.78. The summed E-state index contributed by atoms with van der Waals surface area (Å²) in [5.74, 6) is 2.32. The van der Waals surface area contributed by atoms with Gasteiger partial charge in [-0.2, -0.15) is 0 Å². The lowest BCUT2D eigenvalue weighted by molar-refractivity contribution is 0.0847. The zero-order valence-electron chi connectivity index (χ0n) is 21.7. The van der Waals surface area contributed by atoms with Crippen LogP contribution >= 0.6 is 11.9 Å². The summed E-state index contributed by atoms with van der Waals surface area (Å²) in [7, 11) is 0. The number of unbranched alkanes of at least 4 members (excludes halogenated alkanes) is 2. The molecule has 3 nitrogen and oxygen atoms in total. The predicted molar refractivity (Wildman–Crippen MR) is 150 cm³/mol. The van der Waals surface area contributed by atoms with Crippen LogP contribution in [0.3, 0.4) is 0 Å². The van der Waals surface area contributed by atoms with Crippen molar-refractivity contribution in [2.24, 2.45) is 5.92 Å². The summed E-state index contributed by atoms with van der Waals surface area (Å²) in [4.78, 5) is 15.0. The highest BCUT2D eigenvalue weighted by atomic mass is 32.2. The number of carbonyl (C=O) groups is 1. The number of carbonyl (C=O) groups excluding carboxylic acids is 1. The molecular formula is C31H42N2OS. The highest BCUT2D eigenvalue weighted by Gasteiger charge is 2.34. The maximum atomic E-state index is 13.0. The molecule has 188 valence electrons. The van der Waals surface area contributed by atoms with Crippen molar-refractivity contribution >= 4 is 23.6 Å². The van der Waals surface area contributed by atoms with Gasteiger partial charge in [0.25, 0.3) is 5.91 Å². The van der Waals surface area contributed by atoms with Crippen molar-refractivity contribution in [1.82, 2.24) is 9.62 Å². The zero-order chi connectivity index (χ0) is 24.5. The number of hydrogen-bond donors (Lipinski definition) is 1. The smallest absolute Gasteiger partial charge is 0.258 e. The van der Waals surface area contributed by atoms with Crippen LogP contribution in [0.1, 0.15) is 98.7 Å². The minimum atomic E-state index is 0.204. The fourth-order valence-corrected chi connectivity index (χ4v) is 5.71. The molecule has 2 aromatic rings. The van der Waals surface area contributed by atoms with Gasteiger partial charge in [0.05, 0.1) is 5.70 Å². The van der Waals surface area contributed by atoms with Gasteiger partial charge in [0, 0.05) is 30.0 Å². The van der Waals surface area contributed by atoms with E-state index in [0.717, 1.165) is 61.6 Å². The van der Waals surface area contributed by atoms with Crippen LogP contribution in [-0.4, -0.2) is 23.1 Å². The minimum absolute atomic E-state index is 0.204. The van der Waals surface area contributed by atoms with Crippen molar-refractivity contribution in [3.63, 3.8) is 0 Å². The van der Waals surface area contributed by atoms with E-state index in [4.69, 9.17) is 0 Å². The molecule has 1 aliphatic heterocycles. The lowest BCUT2D eigenvalue weighted by Gasteiger charge is -2.26. The highest BCUT2D eigenvalue weighted by molar-refractivity contribution is 7.97. The molecule has 0 aromatic heterocycles. The number of allylic oxidation sites excluding steroid dienone is 1. The SMILES string of the molecule is CC.O=C1c2ccccc2C(=C2CCC2)N1CCCCCSNCc1cccc(CCC2CC2)c1. The average Bonchev–Trinajstić information content (AvgIpc) is 3.66. The first-order valence-electron chi connectivity index (χ1n) is 13.9. The molecule has 0 spiro atoms. The lowest BCUT2D eigenvalue weighted by Crippen LogP contribution is -2.26. The summed E-state index contributed by atoms with van der Waals surface area (Å²) in [5.41, 5.74) is 7.64. The molecule has 2 saturated carbocycles. The van der Waals surface area contributed by atoms with E-state index in [9.17, 15) is 4.79 Å². The Morgan fingerprint density at radius 1 is 0.943 bits per heavy atom. The Hall–Kier alpha value is -2.04. The number of hydrogen-bond acceptors (Lipinski definition) is 3. The van der Waals surface area contributed by atoms with E-state index in [2.05, 4.69) is 46.0 Å². The number of nitrogens with one attached hydrogen (secondary N) is 1. The number of nitrogens with zero attached hydrogens (tertiary/aromatic N) is 1. The molecule has 0 atom stereocenters. The van der Waals surface area contributed by atoms with Gasteiger partial charge in [-0.3, -0.25) is 9.52 Å². The summed E-state index contributed by atoms with van der Waals surface area (Å²) >= 11 is 1.83. The second-order valence-electron chi connectivity index (χ2n) is 9.84. The number of fused-ring (bicyclic) bond motifs is 1. The normalized spacial score (nSPS) is 16.6. The third-order valence-electron chi connectivity index (χ3n) is 7.26. The van der Waals surface area contributed by atoms with E-state index >= 15 is 0 Å². The van der Waals surface area contributed by atoms with Crippen molar-refractivity contribution in [2.45, 2.75) is 84.6 Å². The van der Waals surface area contributed by atoms with E-state index in [1.54, 1.807) is 0 Å². The zero-order valence-corrected chi connectivity index (χ0v) is 22.5. The Balaban J connectivity index is 0.00000141. The summed E-state index contributed by atoms with van der Waals surface area (Å²) < 4.78 is 3.54. The largest absolute Gasteiger partial charge is 0.308 e. The molecule has 2 aliphatic carbocycles. The number of amides is 1. The highest BCUT2D eigenvalue weighted by Crippen LogP contribution is 2.41. The lowest BCUT2D eigenvalue weighted by atomic mass is 9.88. The molecule has 5 rings (SSSR count). The topological polar surface area (TPSA) is 32.3 Å². The number of aryl methyl sites for hydroxylation is 1. The van der Waals surface area contributed by atoms with Gasteiger partial charge in [-0.15, -0.1) is 0 Å². The van der Waals surface area contributed by atoms with Gasteiger partial charge in [0.15, 0.2) is 0 Å². The monoisotopic (exact) mass is 490 g/mol. The Labute approximate surface area is 216 Å². The predicted octanol–water partition coefficient (Wildman–Crippen LogP) is 8.01. The van der Waals surface area contributed by atoms with Gasteiger partial charge < -0.3 is 4.90 Å². The fourth-order valence-electron chi connectivity index (χ4n) is 4.95. The first-order chi connectivity index (χ1) is 17.3. The van der Waals surface area contributed by atoms with E-state index < -0.39 is 0 Å². The molecule has 2 aromatic carbocycles. The standard InChI is InChI=1S/C29H36N2OS.C2H6/c32-29-27-13-3-2-12-26(27)28(25-10-7-11-25)31(29)18-4-1-5-19-33-30-21-24-9-6-8-23(20-24)17-16-22-14-15-22;1-2/h2-3,6,8-9,12-13,20,22,30H,1,4-5,7,10-11,14-19,21H2;1-2H3. The second-order valence-corrected chi connectivity index (χ2v) is 10.8. The van der Waals surface area contributed by atoms with Crippen molar-refractivity contribution in [3.05, 3.63) is 76.4 Å². The van der Waals surface area contributed by atoms with Crippen molar-refractivity contribution < 1.29 is 4.79 Å². The van der Waals surface area contributed by atoms with Gasteiger partial charge in [0.2, 0.25) is 0 Å². The van der Waals surface area contributed by atoms with E-state index in [1.807, 2.05) is 37.9 Å². The van der Waals surface area contributed by atoms with E-state index in [-0.39, 0.29) is 5.91 Å². The fraction of sp³-hybridized carbons (Fsp3) is 0.516. The quantitative estimate of drug-likeness (QED) is 0.241. The van der Waals surface area contributed by atoms with Gasteiger partial charge in [-0.1, -0.05) is 87.5 Å². The molecule has 0 saturated heterocycles. The molecule has 0 bridgehead atoms. The molecule has 4 heteroatoms.